The van der Waals surface area contributed by atoms with Gasteiger partial charge in [-0.05, 0) is 25.3 Å². The first-order chi connectivity index (χ1) is 10.4. The Morgan fingerprint density at radius 2 is 1.86 bits per heavy atom. The summed E-state index contributed by atoms with van der Waals surface area (Å²) in [5.41, 5.74) is -0.517. The van der Waals surface area contributed by atoms with Crippen molar-refractivity contribution in [3.05, 3.63) is 39.4 Å². The molecule has 0 N–H and O–H groups in total. The molecular weight excluding hydrogens is 292 g/mol. The molecule has 8 nitrogen and oxygen atoms in total. The molecule has 0 spiro atoms. The normalized spacial score (nSPS) is 13.4. The maximum atomic E-state index is 12.2. The number of unbranched alkanes of at least 4 members (excludes halogenated alkanes) is 2. The first-order valence-electron chi connectivity index (χ1n) is 6.77. The van der Waals surface area contributed by atoms with Crippen molar-refractivity contribution in [2.24, 2.45) is 0 Å². The van der Waals surface area contributed by atoms with Crippen LogP contribution in [0.15, 0.2) is 18.2 Å². The number of carboxylic acid groups (broad SMARTS) is 1. The zero-order valence-electron chi connectivity index (χ0n) is 11.6. The van der Waals surface area contributed by atoms with Crippen LogP contribution in [-0.2, 0) is 4.79 Å². The summed E-state index contributed by atoms with van der Waals surface area (Å²) in [6, 6.07) is 3.94. The Morgan fingerprint density at radius 1 is 1.14 bits per heavy atom. The van der Waals surface area contributed by atoms with Crippen molar-refractivity contribution in [2.75, 3.05) is 6.54 Å². The largest absolute Gasteiger partial charge is 0.550 e. The number of nitrogens with zero attached hydrogens (tertiary/aromatic N) is 2. The number of fused-ring (bicyclic) bond motifs is 1. The zero-order chi connectivity index (χ0) is 16.3. The van der Waals surface area contributed by atoms with Crippen molar-refractivity contribution in [1.82, 2.24) is 4.90 Å². The van der Waals surface area contributed by atoms with Crippen molar-refractivity contribution >= 4 is 23.5 Å². The Bertz CT molecular complexity index is 655. The van der Waals surface area contributed by atoms with Crippen LogP contribution in [0, 0.1) is 10.1 Å². The highest BCUT2D eigenvalue weighted by atomic mass is 16.6. The minimum atomic E-state index is -1.14. The highest BCUT2D eigenvalue weighted by molar-refractivity contribution is 6.23. The van der Waals surface area contributed by atoms with E-state index in [9.17, 15) is 29.6 Å². The topological polar surface area (TPSA) is 121 Å². The molecule has 0 saturated heterocycles. The fraction of sp³-hybridized carbons (Fsp3) is 0.357. The van der Waals surface area contributed by atoms with Crippen molar-refractivity contribution in [1.29, 1.82) is 0 Å². The number of aliphatic carboxylic acids is 1. The van der Waals surface area contributed by atoms with E-state index in [1.54, 1.807) is 0 Å². The molecule has 0 bridgehead atoms. The molecule has 1 heterocycles. The molecule has 8 heteroatoms. The van der Waals surface area contributed by atoms with Crippen molar-refractivity contribution < 1.29 is 24.4 Å². The second-order valence-electron chi connectivity index (χ2n) is 4.90. The molecule has 116 valence electrons. The van der Waals surface area contributed by atoms with Crippen LogP contribution in [0.4, 0.5) is 5.69 Å². The summed E-state index contributed by atoms with van der Waals surface area (Å²) in [4.78, 5) is 45.8. The molecule has 1 aromatic rings. The molecule has 0 saturated carbocycles. The number of amides is 2. The standard InChI is InChI=1S/C14H14N2O6/c17-11(18)7-2-1-3-8-15-13(19)9-5-4-6-10(16(21)22)12(9)14(15)20/h4-6H,1-3,7-8H2,(H,17,18)/p-1. The van der Waals surface area contributed by atoms with Crippen LogP contribution in [-0.4, -0.2) is 34.2 Å². The quantitative estimate of drug-likeness (QED) is 0.313. The van der Waals surface area contributed by atoms with Gasteiger partial charge >= 0.3 is 0 Å². The number of hydrogen-bond acceptors (Lipinski definition) is 6. The second-order valence-corrected chi connectivity index (χ2v) is 4.90. The molecule has 0 aliphatic carbocycles. The molecule has 0 aromatic heterocycles. The number of carbonyl (C=O) groups excluding carboxylic acids is 3. The Kier molecular flexibility index (Phi) is 4.50. The van der Waals surface area contributed by atoms with E-state index >= 15 is 0 Å². The van der Waals surface area contributed by atoms with Crippen LogP contribution in [0.1, 0.15) is 46.4 Å². The van der Waals surface area contributed by atoms with Gasteiger partial charge in [-0.3, -0.25) is 24.6 Å². The van der Waals surface area contributed by atoms with Gasteiger partial charge in [-0.2, -0.15) is 0 Å². The summed E-state index contributed by atoms with van der Waals surface area (Å²) in [5.74, 6) is -2.37. The summed E-state index contributed by atoms with van der Waals surface area (Å²) < 4.78 is 0. The molecule has 2 amide bonds. The Morgan fingerprint density at radius 3 is 2.50 bits per heavy atom. The lowest BCUT2D eigenvalue weighted by molar-refractivity contribution is -0.385. The second kappa shape index (κ2) is 6.33. The van der Waals surface area contributed by atoms with Crippen LogP contribution in [0.5, 0.6) is 0 Å². The molecule has 22 heavy (non-hydrogen) atoms. The summed E-state index contributed by atoms with van der Waals surface area (Å²) >= 11 is 0. The monoisotopic (exact) mass is 305 g/mol. The molecule has 0 fully saturated rings. The fourth-order valence-electron chi connectivity index (χ4n) is 2.39. The SMILES string of the molecule is O=C([O-])CCCCCN1C(=O)c2cccc([N+](=O)[O-])c2C1=O. The van der Waals surface area contributed by atoms with Crippen molar-refractivity contribution in [3.8, 4) is 0 Å². The predicted octanol–water partition coefficient (Wildman–Crippen LogP) is 0.501. The summed E-state index contributed by atoms with van der Waals surface area (Å²) in [6.07, 6.45) is 1.27. The number of imide groups is 1. The number of nitro benzene ring substituents is 1. The molecule has 0 unspecified atom stereocenters. The summed E-state index contributed by atoms with van der Waals surface area (Å²) in [7, 11) is 0. The van der Waals surface area contributed by atoms with E-state index in [-0.39, 0.29) is 29.8 Å². The Labute approximate surface area is 125 Å². The highest BCUT2D eigenvalue weighted by Crippen LogP contribution is 2.30. The number of carboxylic acids is 1. The van der Waals surface area contributed by atoms with Crippen LogP contribution in [0.25, 0.3) is 0 Å². The first kappa shape index (κ1) is 15.6. The van der Waals surface area contributed by atoms with Gasteiger partial charge in [0.15, 0.2) is 0 Å². The summed E-state index contributed by atoms with van der Waals surface area (Å²) in [6.45, 7) is 0.108. The van der Waals surface area contributed by atoms with Crippen LogP contribution in [0.3, 0.4) is 0 Å². The number of hydrogen-bond donors (Lipinski definition) is 0. The van der Waals surface area contributed by atoms with Gasteiger partial charge in [0.1, 0.15) is 5.56 Å². The van der Waals surface area contributed by atoms with Gasteiger partial charge in [0, 0.05) is 18.6 Å². The third-order valence-electron chi connectivity index (χ3n) is 3.44. The molecule has 2 rings (SSSR count). The van der Waals surface area contributed by atoms with Gasteiger partial charge in [-0.25, -0.2) is 0 Å². The molecule has 1 aromatic carbocycles. The molecule has 1 aliphatic heterocycles. The average molecular weight is 305 g/mol. The molecular formula is C14H13N2O6-. The average Bonchev–Trinajstić information content (AvgIpc) is 2.71. The van der Waals surface area contributed by atoms with Crippen LogP contribution in [0.2, 0.25) is 0 Å². The van der Waals surface area contributed by atoms with Crippen molar-refractivity contribution in [2.45, 2.75) is 25.7 Å². The third-order valence-corrected chi connectivity index (χ3v) is 3.44. The lowest BCUT2D eigenvalue weighted by Crippen LogP contribution is -2.30. The minimum Gasteiger partial charge on any atom is -0.550 e. The van der Waals surface area contributed by atoms with Gasteiger partial charge in [0.05, 0.1) is 10.5 Å². The van der Waals surface area contributed by atoms with E-state index in [0.29, 0.717) is 19.3 Å². The molecule has 0 radical (unpaired) electrons. The number of carbonyl (C=O) groups is 3. The molecule has 1 aliphatic rings. The summed E-state index contributed by atoms with van der Waals surface area (Å²) in [5, 5.41) is 21.2. The molecule has 0 atom stereocenters. The minimum absolute atomic E-state index is 0.0361. The third kappa shape index (κ3) is 2.95. The van der Waals surface area contributed by atoms with Gasteiger partial charge in [-0.1, -0.05) is 12.5 Å². The lowest BCUT2D eigenvalue weighted by atomic mass is 10.1. The van der Waals surface area contributed by atoms with E-state index in [2.05, 4.69) is 0 Å². The fourth-order valence-corrected chi connectivity index (χ4v) is 2.39. The van der Waals surface area contributed by atoms with E-state index in [1.807, 2.05) is 0 Å². The van der Waals surface area contributed by atoms with E-state index < -0.39 is 22.7 Å². The smallest absolute Gasteiger partial charge is 0.282 e. The Hall–Kier alpha value is -2.77. The van der Waals surface area contributed by atoms with E-state index in [1.165, 1.54) is 18.2 Å². The predicted molar refractivity (Wildman–Crippen MR) is 71.9 cm³/mol. The highest BCUT2D eigenvalue weighted by Gasteiger charge is 2.40. The van der Waals surface area contributed by atoms with Crippen LogP contribution >= 0.6 is 0 Å². The van der Waals surface area contributed by atoms with E-state index in [4.69, 9.17) is 0 Å². The van der Waals surface area contributed by atoms with E-state index in [0.717, 1.165) is 4.90 Å². The maximum Gasteiger partial charge on any atom is 0.282 e. The Balaban J connectivity index is 2.06. The van der Waals surface area contributed by atoms with Gasteiger partial charge in [0.25, 0.3) is 17.5 Å². The maximum absolute atomic E-state index is 12.2. The lowest BCUT2D eigenvalue weighted by Gasteiger charge is -2.13. The zero-order valence-corrected chi connectivity index (χ0v) is 11.6. The van der Waals surface area contributed by atoms with Gasteiger partial charge in [0.2, 0.25) is 0 Å². The van der Waals surface area contributed by atoms with Crippen molar-refractivity contribution in [3.63, 3.8) is 0 Å². The van der Waals surface area contributed by atoms with Gasteiger partial charge < -0.3 is 9.90 Å². The number of nitro groups is 1. The van der Waals surface area contributed by atoms with Crippen LogP contribution < -0.4 is 5.11 Å². The first-order valence-corrected chi connectivity index (χ1v) is 6.77. The van der Waals surface area contributed by atoms with Gasteiger partial charge in [-0.15, -0.1) is 0 Å². The number of benzene rings is 1. The number of rotatable bonds is 7.